The van der Waals surface area contributed by atoms with Crippen molar-refractivity contribution in [2.45, 2.75) is 98.8 Å². The van der Waals surface area contributed by atoms with E-state index in [9.17, 15) is 18.0 Å². The van der Waals surface area contributed by atoms with Crippen molar-refractivity contribution in [3.8, 4) is 0 Å². The molecule has 0 bridgehead atoms. The smallest absolute Gasteiger partial charge is 0.347 e. The average Bonchev–Trinajstić information content (AvgIpc) is 2.99. The number of hydrogen-bond acceptors (Lipinski definition) is 3. The summed E-state index contributed by atoms with van der Waals surface area (Å²) < 4.78 is 34.9. The van der Waals surface area contributed by atoms with Gasteiger partial charge in [0, 0.05) is 49.1 Å². The van der Waals surface area contributed by atoms with E-state index in [2.05, 4.69) is 62.6 Å². The van der Waals surface area contributed by atoms with E-state index in [0.717, 1.165) is 49.7 Å². The van der Waals surface area contributed by atoms with Gasteiger partial charge in [-0.25, -0.2) is 0 Å². The van der Waals surface area contributed by atoms with E-state index in [1.807, 2.05) is 29.2 Å². The molecule has 1 N–H and O–H groups in total. The summed E-state index contributed by atoms with van der Waals surface area (Å²) in [5.41, 5.74) is 3.35. The number of benzene rings is 1. The first-order chi connectivity index (χ1) is 20.2. The molecule has 1 aromatic rings. The van der Waals surface area contributed by atoms with Crippen LogP contribution < -0.4 is 5.32 Å². The quantitative estimate of drug-likeness (QED) is 0.119. The Labute approximate surface area is 259 Å². The highest BCUT2D eigenvalue weighted by molar-refractivity contribution is 5.94. The van der Waals surface area contributed by atoms with Gasteiger partial charge in [0.25, 0.3) is 5.91 Å². The van der Waals surface area contributed by atoms with E-state index in [1.54, 1.807) is 19.5 Å². The van der Waals surface area contributed by atoms with Crippen molar-refractivity contribution in [1.82, 2.24) is 15.1 Å². The number of allylic oxidation sites excluding steroid dienone is 3. The molecular weight excluding hydrogens is 549 g/mol. The average molecular weight is 605 g/mol. The molecule has 5 nitrogen and oxygen atoms in total. The number of rotatable bonds is 11. The van der Waals surface area contributed by atoms with Crippen LogP contribution >= 0.6 is 0 Å². The molecule has 8 heteroatoms. The Balaban J connectivity index is 0.000000766. The number of halogens is 3. The molecule has 0 atom stereocenters. The number of carbonyl (C=O) groups is 1. The molecule has 1 aliphatic rings. The molecular formula is C35H55F3N4O. The zero-order chi connectivity index (χ0) is 33.2. The van der Waals surface area contributed by atoms with Crippen molar-refractivity contribution >= 4 is 12.2 Å². The standard InChI is InChI=1S/C21H34N2O.C8H12N2.C6H9F3/c1-5-14-23(19(6-2)7-3)20-12-15-22(16-13-20)21(24)18-10-8-17(4)9-11-18;1-5-7(2)8(3)10-6-9-4;1-4(2)5(3)6(7,8)9/h8-11,19-20H,5-7,12-16H2,1-4H3;5-6H,1-3H2,4H3,(H,9,10);1-3H3. The number of hydrogen-bond donors (Lipinski definition) is 1. The Morgan fingerprint density at radius 2 is 1.63 bits per heavy atom. The van der Waals surface area contributed by atoms with Crippen LogP contribution in [0.15, 0.2) is 77.5 Å². The Kier molecular flexibility index (Phi) is 19.2. The molecule has 1 aromatic carbocycles. The molecule has 0 aliphatic carbocycles. The first kappa shape index (κ1) is 39.9. The van der Waals surface area contributed by atoms with Crippen LogP contribution in [0.5, 0.6) is 0 Å². The van der Waals surface area contributed by atoms with Gasteiger partial charge < -0.3 is 10.2 Å². The lowest BCUT2D eigenvalue weighted by molar-refractivity contribution is -0.0921. The summed E-state index contributed by atoms with van der Waals surface area (Å²) in [5.74, 6) is 0.193. The summed E-state index contributed by atoms with van der Waals surface area (Å²) in [6, 6.07) is 9.28. The molecule has 1 fully saturated rings. The SMILES string of the molecule is C=CC(=C)C(=C)NC=NC.CC(C)=C(C)C(F)(F)F.CCCN(C(CC)CC)C1CCN(C(=O)c2ccc(C)cc2)CC1. The zero-order valence-electron chi connectivity index (χ0n) is 27.8. The van der Waals surface area contributed by atoms with Gasteiger partial charge in [0.15, 0.2) is 0 Å². The summed E-state index contributed by atoms with van der Waals surface area (Å²) in [6.45, 7) is 26.8. The maximum absolute atomic E-state index is 12.7. The van der Waals surface area contributed by atoms with Gasteiger partial charge in [-0.2, -0.15) is 13.2 Å². The summed E-state index contributed by atoms with van der Waals surface area (Å²) in [7, 11) is 1.68. The third-order valence-corrected chi connectivity index (χ3v) is 7.59. The number of aliphatic imine (C=N–C) groups is 1. The highest BCUT2D eigenvalue weighted by Crippen LogP contribution is 2.27. The minimum Gasteiger partial charge on any atom is -0.347 e. The van der Waals surface area contributed by atoms with E-state index < -0.39 is 11.7 Å². The van der Waals surface area contributed by atoms with Gasteiger partial charge in [-0.3, -0.25) is 14.7 Å². The lowest BCUT2D eigenvalue weighted by Crippen LogP contribution is -2.50. The number of amides is 1. The van der Waals surface area contributed by atoms with E-state index in [0.29, 0.717) is 17.7 Å². The molecule has 0 saturated carbocycles. The van der Waals surface area contributed by atoms with Gasteiger partial charge in [-0.05, 0) is 84.0 Å². The molecule has 0 radical (unpaired) electrons. The van der Waals surface area contributed by atoms with Crippen LogP contribution in [-0.2, 0) is 0 Å². The fourth-order valence-corrected chi connectivity index (χ4v) is 4.60. The predicted octanol–water partition coefficient (Wildman–Crippen LogP) is 8.90. The summed E-state index contributed by atoms with van der Waals surface area (Å²) in [4.78, 5) is 21.1. The Morgan fingerprint density at radius 1 is 1.09 bits per heavy atom. The zero-order valence-corrected chi connectivity index (χ0v) is 27.8. The van der Waals surface area contributed by atoms with Crippen molar-refractivity contribution < 1.29 is 18.0 Å². The maximum atomic E-state index is 12.7. The Bertz CT molecular complexity index is 1060. The molecule has 2 rings (SSSR count). The van der Waals surface area contributed by atoms with E-state index in [4.69, 9.17) is 0 Å². The number of alkyl halides is 3. The van der Waals surface area contributed by atoms with E-state index in [1.165, 1.54) is 45.2 Å². The molecule has 0 aromatic heterocycles. The topological polar surface area (TPSA) is 47.9 Å². The predicted molar refractivity (Wildman–Crippen MR) is 178 cm³/mol. The minimum atomic E-state index is -4.14. The number of piperidine rings is 1. The van der Waals surface area contributed by atoms with Crippen molar-refractivity contribution in [3.63, 3.8) is 0 Å². The number of carbonyl (C=O) groups excluding carboxylic acids is 1. The monoisotopic (exact) mass is 604 g/mol. The largest absolute Gasteiger partial charge is 0.412 e. The van der Waals surface area contributed by atoms with Gasteiger partial charge in [-0.15, -0.1) is 0 Å². The van der Waals surface area contributed by atoms with Crippen molar-refractivity contribution in [2.24, 2.45) is 4.99 Å². The third-order valence-electron chi connectivity index (χ3n) is 7.59. The summed E-state index contributed by atoms with van der Waals surface area (Å²) in [5, 5.41) is 2.83. The van der Waals surface area contributed by atoms with Crippen LogP contribution in [0, 0.1) is 6.92 Å². The fourth-order valence-electron chi connectivity index (χ4n) is 4.60. The van der Waals surface area contributed by atoms with Crippen LogP contribution in [0.1, 0.15) is 89.6 Å². The van der Waals surface area contributed by atoms with Crippen LogP contribution in [0.3, 0.4) is 0 Å². The first-order valence-electron chi connectivity index (χ1n) is 15.2. The molecule has 242 valence electrons. The minimum absolute atomic E-state index is 0.193. The van der Waals surface area contributed by atoms with Crippen molar-refractivity contribution in [1.29, 1.82) is 0 Å². The Morgan fingerprint density at radius 3 is 2.00 bits per heavy atom. The number of aryl methyl sites for hydroxylation is 1. The molecule has 43 heavy (non-hydrogen) atoms. The summed E-state index contributed by atoms with van der Waals surface area (Å²) >= 11 is 0. The fraction of sp³-hybridized carbons (Fsp3) is 0.543. The van der Waals surface area contributed by atoms with Crippen molar-refractivity contribution in [2.75, 3.05) is 26.7 Å². The molecule has 1 saturated heterocycles. The third kappa shape index (κ3) is 14.7. The van der Waals surface area contributed by atoms with E-state index in [-0.39, 0.29) is 5.91 Å². The summed E-state index contributed by atoms with van der Waals surface area (Å²) in [6.07, 6.45) is 4.91. The van der Waals surface area contributed by atoms with Crippen LogP contribution in [0.2, 0.25) is 0 Å². The molecule has 0 unspecified atom stereocenters. The second-order valence-electron chi connectivity index (χ2n) is 11.0. The van der Waals surface area contributed by atoms with Gasteiger partial charge >= 0.3 is 6.18 Å². The van der Waals surface area contributed by atoms with Gasteiger partial charge in [0.1, 0.15) is 0 Å². The van der Waals surface area contributed by atoms with Gasteiger partial charge in [0.2, 0.25) is 0 Å². The molecule has 1 amide bonds. The van der Waals surface area contributed by atoms with Crippen LogP contribution in [0.4, 0.5) is 13.2 Å². The highest BCUT2D eigenvalue weighted by atomic mass is 19.4. The number of nitrogens with one attached hydrogen (secondary N) is 1. The number of nitrogens with zero attached hydrogens (tertiary/aromatic N) is 3. The van der Waals surface area contributed by atoms with E-state index >= 15 is 0 Å². The maximum Gasteiger partial charge on any atom is 0.412 e. The van der Waals surface area contributed by atoms with Crippen molar-refractivity contribution in [3.05, 3.63) is 83.6 Å². The lowest BCUT2D eigenvalue weighted by atomic mass is 9.98. The number of likely N-dealkylation sites (tertiary alicyclic amines) is 1. The normalized spacial score (nSPS) is 13.6. The second-order valence-corrected chi connectivity index (χ2v) is 11.0. The second kappa shape index (κ2) is 20.7. The highest BCUT2D eigenvalue weighted by Gasteiger charge is 2.31. The molecule has 1 aliphatic heterocycles. The van der Waals surface area contributed by atoms with Crippen LogP contribution in [-0.4, -0.2) is 67.0 Å². The van der Waals surface area contributed by atoms with Crippen LogP contribution in [0.25, 0.3) is 0 Å². The Hall–Kier alpha value is -3.13. The lowest BCUT2D eigenvalue weighted by Gasteiger charge is -2.42. The molecule has 1 heterocycles. The van der Waals surface area contributed by atoms with Gasteiger partial charge in [0.05, 0.1) is 6.34 Å². The first-order valence-corrected chi connectivity index (χ1v) is 15.2. The van der Waals surface area contributed by atoms with Gasteiger partial charge in [-0.1, -0.05) is 69.9 Å². The molecule has 0 spiro atoms.